The van der Waals surface area contributed by atoms with Crippen LogP contribution in [0.4, 0.5) is 4.39 Å². The van der Waals surface area contributed by atoms with Gasteiger partial charge >= 0.3 is 0 Å². The third-order valence-electron chi connectivity index (χ3n) is 0.595. The summed E-state index contributed by atoms with van der Waals surface area (Å²) in [6, 6.07) is 0. The average molecular weight is 138 g/mol. The molecule has 0 spiro atoms. The highest BCUT2D eigenvalue weighted by Crippen LogP contribution is 1.90. The summed E-state index contributed by atoms with van der Waals surface area (Å²) in [5.41, 5.74) is 4.89. The zero-order valence-corrected chi connectivity index (χ0v) is 5.25. The zero-order valence-electron chi connectivity index (χ0n) is 4.43. The van der Waals surface area contributed by atoms with Gasteiger partial charge in [0, 0.05) is 13.0 Å². The van der Waals surface area contributed by atoms with Gasteiger partial charge in [-0.2, -0.15) is 0 Å². The summed E-state index contributed by atoms with van der Waals surface area (Å²) in [6.45, 7) is 0.0319. The fourth-order valence-electron chi connectivity index (χ4n) is 0.211. The van der Waals surface area contributed by atoms with E-state index in [9.17, 15) is 4.39 Å². The summed E-state index contributed by atoms with van der Waals surface area (Å²) in [5, 5.41) is 0. The molecule has 0 aromatic rings. The Morgan fingerprint density at radius 1 is 1.75 bits per heavy atom. The molecule has 2 N–H and O–H groups in total. The molecule has 0 fully saturated rings. The molecule has 0 heterocycles. The van der Waals surface area contributed by atoms with Gasteiger partial charge in [-0.25, -0.2) is 4.39 Å². The van der Waals surface area contributed by atoms with Crippen molar-refractivity contribution in [2.45, 2.75) is 12.6 Å². The molecule has 3 heteroatoms. The standard InChI is InChI=1S/C5H8FN.ClH/c1-2-3-5(6)4-7;/h1,5H,3-4,7H2;1H. The molecular weight excluding hydrogens is 129 g/mol. The normalized spacial score (nSPS) is 11.1. The molecule has 0 aliphatic carbocycles. The van der Waals surface area contributed by atoms with Crippen LogP contribution in [-0.4, -0.2) is 12.7 Å². The van der Waals surface area contributed by atoms with E-state index in [-0.39, 0.29) is 25.4 Å². The van der Waals surface area contributed by atoms with Crippen LogP contribution in [0.5, 0.6) is 0 Å². The molecule has 0 saturated heterocycles. The van der Waals surface area contributed by atoms with Crippen molar-refractivity contribution in [3.8, 4) is 12.3 Å². The molecule has 48 valence electrons. The monoisotopic (exact) mass is 137 g/mol. The molecule has 1 atom stereocenters. The predicted octanol–water partition coefficient (Wildman–Crippen LogP) is 0.728. The van der Waals surface area contributed by atoms with Crippen LogP contribution in [0, 0.1) is 12.3 Å². The van der Waals surface area contributed by atoms with Crippen LogP contribution in [0.1, 0.15) is 6.42 Å². The maximum absolute atomic E-state index is 11.9. The second-order valence-electron chi connectivity index (χ2n) is 1.24. The summed E-state index contributed by atoms with van der Waals surface area (Å²) in [7, 11) is 0. The number of hydrogen-bond donors (Lipinski definition) is 1. The Bertz CT molecular complexity index is 79.0. The highest BCUT2D eigenvalue weighted by atomic mass is 35.5. The number of nitrogens with two attached hydrogens (primary N) is 1. The van der Waals surface area contributed by atoms with Crippen LogP contribution < -0.4 is 5.73 Å². The lowest BCUT2D eigenvalue weighted by molar-refractivity contribution is 0.349. The first-order chi connectivity index (χ1) is 3.31. The SMILES string of the molecule is C#CCC(F)CN.Cl. The lowest BCUT2D eigenvalue weighted by Gasteiger charge is -1.94. The molecule has 0 aliphatic rings. The summed E-state index contributed by atoms with van der Waals surface area (Å²) >= 11 is 0. The van der Waals surface area contributed by atoms with Crippen LogP contribution in [0.25, 0.3) is 0 Å². The third-order valence-corrected chi connectivity index (χ3v) is 0.595. The summed E-state index contributed by atoms with van der Waals surface area (Å²) in [6.07, 6.45) is 3.89. The summed E-state index contributed by atoms with van der Waals surface area (Å²) < 4.78 is 11.9. The molecule has 0 amide bonds. The maximum atomic E-state index is 11.9. The summed E-state index contributed by atoms with van der Waals surface area (Å²) in [4.78, 5) is 0. The number of terminal acetylenes is 1. The van der Waals surface area contributed by atoms with Crippen LogP contribution in [0.2, 0.25) is 0 Å². The van der Waals surface area contributed by atoms with E-state index < -0.39 is 6.17 Å². The second-order valence-corrected chi connectivity index (χ2v) is 1.24. The number of halogens is 2. The largest absolute Gasteiger partial charge is 0.328 e. The summed E-state index contributed by atoms with van der Waals surface area (Å²) in [5.74, 6) is 2.16. The quantitative estimate of drug-likeness (QED) is 0.558. The molecule has 0 rings (SSSR count). The van der Waals surface area contributed by atoms with Crippen molar-refractivity contribution in [1.29, 1.82) is 0 Å². The molecule has 8 heavy (non-hydrogen) atoms. The van der Waals surface area contributed by atoms with E-state index >= 15 is 0 Å². The van der Waals surface area contributed by atoms with Crippen LogP contribution in [0.3, 0.4) is 0 Å². The van der Waals surface area contributed by atoms with Crippen molar-refractivity contribution in [2.75, 3.05) is 6.54 Å². The van der Waals surface area contributed by atoms with Gasteiger partial charge in [0.15, 0.2) is 0 Å². The Morgan fingerprint density at radius 3 is 2.38 bits per heavy atom. The topological polar surface area (TPSA) is 26.0 Å². The minimum atomic E-state index is -1.01. The third kappa shape index (κ3) is 5.74. The first-order valence-electron chi connectivity index (χ1n) is 2.09. The van der Waals surface area contributed by atoms with E-state index in [2.05, 4.69) is 5.92 Å². The van der Waals surface area contributed by atoms with Gasteiger partial charge in [0.05, 0.1) is 0 Å². The number of rotatable bonds is 2. The van der Waals surface area contributed by atoms with Crippen molar-refractivity contribution < 1.29 is 4.39 Å². The maximum Gasteiger partial charge on any atom is 0.123 e. The smallest absolute Gasteiger partial charge is 0.123 e. The number of alkyl halides is 1. The lowest BCUT2D eigenvalue weighted by atomic mass is 10.3. The van der Waals surface area contributed by atoms with Crippen LogP contribution in [-0.2, 0) is 0 Å². The van der Waals surface area contributed by atoms with Gasteiger partial charge in [0.25, 0.3) is 0 Å². The Hall–Kier alpha value is -0.260. The van der Waals surface area contributed by atoms with E-state index in [1.54, 1.807) is 0 Å². The highest BCUT2D eigenvalue weighted by molar-refractivity contribution is 5.85. The first kappa shape index (κ1) is 10.7. The molecule has 1 unspecified atom stereocenters. The molecule has 0 saturated carbocycles. The van der Waals surface area contributed by atoms with E-state index in [4.69, 9.17) is 12.2 Å². The fraction of sp³-hybridized carbons (Fsp3) is 0.600. The van der Waals surface area contributed by atoms with Crippen LogP contribution in [0.15, 0.2) is 0 Å². The van der Waals surface area contributed by atoms with Gasteiger partial charge in [-0.1, -0.05) is 0 Å². The van der Waals surface area contributed by atoms with Gasteiger partial charge in [-0.3, -0.25) is 0 Å². The fourth-order valence-corrected chi connectivity index (χ4v) is 0.211. The molecule has 0 bridgehead atoms. The van der Waals surface area contributed by atoms with Crippen molar-refractivity contribution >= 4 is 12.4 Å². The van der Waals surface area contributed by atoms with Gasteiger partial charge in [-0.05, 0) is 0 Å². The minimum absolute atomic E-state index is 0. The van der Waals surface area contributed by atoms with Gasteiger partial charge < -0.3 is 5.73 Å². The van der Waals surface area contributed by atoms with Crippen molar-refractivity contribution in [1.82, 2.24) is 0 Å². The van der Waals surface area contributed by atoms with Gasteiger partial charge in [-0.15, -0.1) is 24.8 Å². The second kappa shape index (κ2) is 6.74. The molecular formula is C5H9ClFN. The molecule has 1 nitrogen and oxygen atoms in total. The Balaban J connectivity index is 0. The highest BCUT2D eigenvalue weighted by Gasteiger charge is 1.96. The lowest BCUT2D eigenvalue weighted by Crippen LogP contribution is -2.13. The Morgan fingerprint density at radius 2 is 2.25 bits per heavy atom. The van der Waals surface area contributed by atoms with E-state index in [1.807, 2.05) is 0 Å². The van der Waals surface area contributed by atoms with Gasteiger partial charge in [0.2, 0.25) is 0 Å². The predicted molar refractivity (Wildman–Crippen MR) is 34.6 cm³/mol. The number of hydrogen-bond acceptors (Lipinski definition) is 1. The molecule has 0 aromatic heterocycles. The van der Waals surface area contributed by atoms with E-state index in [0.717, 1.165) is 0 Å². The Labute approximate surface area is 54.9 Å². The van der Waals surface area contributed by atoms with E-state index in [1.165, 1.54) is 0 Å². The molecule has 0 radical (unpaired) electrons. The molecule has 0 aliphatic heterocycles. The zero-order chi connectivity index (χ0) is 5.70. The minimum Gasteiger partial charge on any atom is -0.328 e. The van der Waals surface area contributed by atoms with Crippen molar-refractivity contribution in [3.05, 3.63) is 0 Å². The van der Waals surface area contributed by atoms with Crippen molar-refractivity contribution in [3.63, 3.8) is 0 Å². The van der Waals surface area contributed by atoms with E-state index in [0.29, 0.717) is 0 Å². The van der Waals surface area contributed by atoms with Crippen molar-refractivity contribution in [2.24, 2.45) is 5.73 Å². The van der Waals surface area contributed by atoms with Crippen LogP contribution >= 0.6 is 12.4 Å². The first-order valence-corrected chi connectivity index (χ1v) is 2.09. The molecule has 0 aromatic carbocycles. The average Bonchev–Trinajstić information content (AvgIpc) is 1.68. The van der Waals surface area contributed by atoms with Gasteiger partial charge in [0.1, 0.15) is 6.17 Å². The Kier molecular flexibility index (Phi) is 8.99.